The molecule has 1 saturated carbocycles. The zero-order valence-corrected chi connectivity index (χ0v) is 17.5. The van der Waals surface area contributed by atoms with Gasteiger partial charge in [-0.25, -0.2) is 0 Å². The summed E-state index contributed by atoms with van der Waals surface area (Å²) >= 11 is 0. The van der Waals surface area contributed by atoms with Gasteiger partial charge in [0.1, 0.15) is 0 Å². The van der Waals surface area contributed by atoms with Gasteiger partial charge in [0.25, 0.3) is 0 Å². The van der Waals surface area contributed by atoms with Gasteiger partial charge in [-0.15, -0.1) is 0 Å². The molecule has 0 heterocycles. The molecular formula is C24H36O4. The molecule has 0 unspecified atom stereocenters. The van der Waals surface area contributed by atoms with Gasteiger partial charge in [-0.05, 0) is 76.3 Å². The average Bonchev–Trinajstić information content (AvgIpc) is 3.42. The first-order valence-corrected chi connectivity index (χ1v) is 10.8. The van der Waals surface area contributed by atoms with Crippen LogP contribution >= 0.6 is 0 Å². The number of rotatable bonds is 14. The molecule has 28 heavy (non-hydrogen) atoms. The summed E-state index contributed by atoms with van der Waals surface area (Å²) in [4.78, 5) is 22.3. The molecule has 0 spiro atoms. The molecule has 0 aromatic heterocycles. The lowest BCUT2D eigenvalue weighted by Crippen LogP contribution is -2.23. The Bertz CT molecular complexity index is 617. The number of aliphatic carboxylic acids is 2. The number of carbonyl (C=O) groups is 2. The van der Waals surface area contributed by atoms with E-state index < -0.39 is 17.4 Å². The first kappa shape index (κ1) is 22.4. The average molecular weight is 389 g/mol. The normalized spacial score (nSPS) is 15.4. The highest BCUT2D eigenvalue weighted by molar-refractivity contribution is 5.77. The summed E-state index contributed by atoms with van der Waals surface area (Å²) in [5.74, 6) is -1.32. The number of carboxylic acids is 2. The molecule has 0 saturated heterocycles. The second-order valence-electron chi connectivity index (χ2n) is 9.22. The van der Waals surface area contributed by atoms with E-state index in [2.05, 4.69) is 24.3 Å². The Morgan fingerprint density at radius 1 is 0.929 bits per heavy atom. The van der Waals surface area contributed by atoms with Crippen LogP contribution in [0.1, 0.15) is 89.2 Å². The van der Waals surface area contributed by atoms with Crippen LogP contribution in [0.4, 0.5) is 0 Å². The maximum Gasteiger partial charge on any atom is 0.309 e. The Kier molecular flexibility index (Phi) is 8.09. The van der Waals surface area contributed by atoms with Crippen molar-refractivity contribution < 1.29 is 19.8 Å². The summed E-state index contributed by atoms with van der Waals surface area (Å²) in [7, 11) is 0. The molecule has 2 N–H and O–H groups in total. The van der Waals surface area contributed by atoms with Crippen molar-refractivity contribution >= 4 is 11.9 Å². The van der Waals surface area contributed by atoms with Gasteiger partial charge < -0.3 is 10.2 Å². The van der Waals surface area contributed by atoms with E-state index in [1.807, 2.05) is 0 Å². The van der Waals surface area contributed by atoms with Gasteiger partial charge in [0.05, 0.1) is 10.8 Å². The fourth-order valence-corrected chi connectivity index (χ4v) is 3.81. The number of hydrogen-bond acceptors (Lipinski definition) is 2. The molecule has 0 aliphatic heterocycles. The molecule has 2 rings (SSSR count). The topological polar surface area (TPSA) is 74.6 Å². The van der Waals surface area contributed by atoms with Crippen LogP contribution in [0.2, 0.25) is 0 Å². The standard InChI is InChI=1S/C24H36O4/c1-23(2,21(25)26)14-7-3-5-10-19-12-9-13-20(18-19)11-6-4-8-15-24(16-17-24)22(27)28/h9,12-13,18H,3-8,10-11,14-17H2,1-2H3,(H,25,26)(H,27,28). The molecule has 1 aliphatic carbocycles. The summed E-state index contributed by atoms with van der Waals surface area (Å²) < 4.78 is 0. The molecule has 4 heteroatoms. The molecule has 0 bridgehead atoms. The lowest BCUT2D eigenvalue weighted by Gasteiger charge is -2.18. The highest BCUT2D eigenvalue weighted by Gasteiger charge is 2.49. The van der Waals surface area contributed by atoms with Crippen molar-refractivity contribution in [2.24, 2.45) is 10.8 Å². The van der Waals surface area contributed by atoms with Crippen LogP contribution in [0, 0.1) is 10.8 Å². The summed E-state index contributed by atoms with van der Waals surface area (Å²) in [6.45, 7) is 3.59. The van der Waals surface area contributed by atoms with E-state index in [0.717, 1.165) is 77.0 Å². The third-order valence-electron chi connectivity index (χ3n) is 6.27. The van der Waals surface area contributed by atoms with E-state index in [0.29, 0.717) is 0 Å². The van der Waals surface area contributed by atoms with Crippen LogP contribution < -0.4 is 0 Å². The van der Waals surface area contributed by atoms with Crippen molar-refractivity contribution in [1.82, 2.24) is 0 Å². The SMILES string of the molecule is CC(C)(CCCCCc1cccc(CCCCCC2(C(=O)O)CC2)c1)C(=O)O. The van der Waals surface area contributed by atoms with E-state index in [4.69, 9.17) is 5.11 Å². The first-order chi connectivity index (χ1) is 13.3. The molecule has 0 amide bonds. The molecule has 1 fully saturated rings. The molecular weight excluding hydrogens is 352 g/mol. The highest BCUT2D eigenvalue weighted by atomic mass is 16.4. The lowest BCUT2D eigenvalue weighted by molar-refractivity contribution is -0.147. The van der Waals surface area contributed by atoms with Gasteiger partial charge in [-0.2, -0.15) is 0 Å². The van der Waals surface area contributed by atoms with Crippen LogP contribution in [-0.2, 0) is 22.4 Å². The maximum atomic E-state index is 11.2. The third kappa shape index (κ3) is 6.96. The summed E-state index contributed by atoms with van der Waals surface area (Å²) in [6, 6.07) is 8.77. The van der Waals surface area contributed by atoms with Crippen LogP contribution in [0.5, 0.6) is 0 Å². The Hall–Kier alpha value is -1.84. The number of carboxylic acid groups (broad SMARTS) is 2. The van der Waals surface area contributed by atoms with Crippen molar-refractivity contribution in [3.8, 4) is 0 Å². The second kappa shape index (κ2) is 10.1. The molecule has 0 atom stereocenters. The maximum absolute atomic E-state index is 11.2. The molecule has 156 valence electrons. The fourth-order valence-electron chi connectivity index (χ4n) is 3.81. The minimum absolute atomic E-state index is 0.375. The minimum atomic E-state index is -0.713. The largest absolute Gasteiger partial charge is 0.481 e. The lowest BCUT2D eigenvalue weighted by atomic mass is 9.87. The quantitative estimate of drug-likeness (QED) is 0.391. The van der Waals surface area contributed by atoms with Crippen molar-refractivity contribution in [2.45, 2.75) is 90.9 Å². The van der Waals surface area contributed by atoms with Crippen molar-refractivity contribution in [1.29, 1.82) is 0 Å². The zero-order chi connectivity index (χ0) is 20.6. The van der Waals surface area contributed by atoms with Crippen LogP contribution in [0.3, 0.4) is 0 Å². The smallest absolute Gasteiger partial charge is 0.309 e. The van der Waals surface area contributed by atoms with Gasteiger partial charge in [0.2, 0.25) is 0 Å². The number of aryl methyl sites for hydroxylation is 2. The number of hydrogen-bond donors (Lipinski definition) is 2. The van der Waals surface area contributed by atoms with Gasteiger partial charge in [0.15, 0.2) is 0 Å². The Balaban J connectivity index is 1.61. The summed E-state index contributed by atoms with van der Waals surface area (Å²) in [5.41, 5.74) is 1.73. The molecule has 1 aromatic rings. The zero-order valence-electron chi connectivity index (χ0n) is 17.5. The number of unbranched alkanes of at least 4 members (excludes halogenated alkanes) is 4. The van der Waals surface area contributed by atoms with Crippen LogP contribution in [0.25, 0.3) is 0 Å². The van der Waals surface area contributed by atoms with Gasteiger partial charge in [0, 0.05) is 0 Å². The fraction of sp³-hybridized carbons (Fsp3) is 0.667. The second-order valence-corrected chi connectivity index (χ2v) is 9.22. The van der Waals surface area contributed by atoms with Gasteiger partial charge in [-0.1, -0.05) is 49.9 Å². The van der Waals surface area contributed by atoms with Crippen LogP contribution in [-0.4, -0.2) is 22.2 Å². The highest BCUT2D eigenvalue weighted by Crippen LogP contribution is 2.50. The summed E-state index contributed by atoms with van der Waals surface area (Å²) in [5, 5.41) is 18.4. The Labute approximate surface area is 169 Å². The number of benzene rings is 1. The first-order valence-electron chi connectivity index (χ1n) is 10.8. The van der Waals surface area contributed by atoms with E-state index in [1.165, 1.54) is 11.1 Å². The predicted molar refractivity (Wildman–Crippen MR) is 112 cm³/mol. The van der Waals surface area contributed by atoms with Gasteiger partial charge in [-0.3, -0.25) is 9.59 Å². The van der Waals surface area contributed by atoms with Gasteiger partial charge >= 0.3 is 11.9 Å². The van der Waals surface area contributed by atoms with Crippen molar-refractivity contribution in [2.75, 3.05) is 0 Å². The van der Waals surface area contributed by atoms with Crippen molar-refractivity contribution in [3.63, 3.8) is 0 Å². The van der Waals surface area contributed by atoms with Crippen LogP contribution in [0.15, 0.2) is 24.3 Å². The van der Waals surface area contributed by atoms with Crippen molar-refractivity contribution in [3.05, 3.63) is 35.4 Å². The van der Waals surface area contributed by atoms with E-state index in [-0.39, 0.29) is 5.41 Å². The molecule has 0 radical (unpaired) electrons. The molecule has 1 aromatic carbocycles. The monoisotopic (exact) mass is 388 g/mol. The Morgan fingerprint density at radius 3 is 2.00 bits per heavy atom. The van der Waals surface area contributed by atoms with E-state index in [1.54, 1.807) is 13.8 Å². The van der Waals surface area contributed by atoms with E-state index in [9.17, 15) is 14.7 Å². The Morgan fingerprint density at radius 2 is 1.50 bits per heavy atom. The predicted octanol–water partition coefficient (Wildman–Crippen LogP) is 5.87. The minimum Gasteiger partial charge on any atom is -0.481 e. The molecule has 4 nitrogen and oxygen atoms in total. The summed E-state index contributed by atoms with van der Waals surface area (Å²) in [6.07, 6.45) is 11.7. The van der Waals surface area contributed by atoms with E-state index >= 15 is 0 Å². The molecule has 1 aliphatic rings. The third-order valence-corrected chi connectivity index (χ3v) is 6.27.